The molecule has 0 bridgehead atoms. The van der Waals surface area contributed by atoms with Crippen molar-refractivity contribution < 1.29 is 4.39 Å². The molecule has 5 heteroatoms. The molecule has 0 atom stereocenters. The van der Waals surface area contributed by atoms with E-state index in [1.54, 1.807) is 30.3 Å². The Morgan fingerprint density at radius 3 is 2.75 bits per heavy atom. The van der Waals surface area contributed by atoms with Gasteiger partial charge in [-0.25, -0.2) is 4.39 Å². The summed E-state index contributed by atoms with van der Waals surface area (Å²) in [5.41, 5.74) is 8.26. The van der Waals surface area contributed by atoms with Crippen LogP contribution in [0.3, 0.4) is 0 Å². The molecule has 0 saturated carbocycles. The van der Waals surface area contributed by atoms with Crippen LogP contribution in [0, 0.1) is 17.1 Å². The van der Waals surface area contributed by atoms with E-state index in [1.807, 2.05) is 11.9 Å². The Bertz CT molecular complexity index is 679. The van der Waals surface area contributed by atoms with Crippen LogP contribution in [0.15, 0.2) is 40.9 Å². The van der Waals surface area contributed by atoms with Crippen LogP contribution in [0.1, 0.15) is 11.1 Å². The zero-order chi connectivity index (χ0) is 14.7. The van der Waals surface area contributed by atoms with Crippen molar-refractivity contribution in [3.8, 4) is 6.07 Å². The molecular formula is C15H13BrFN3. The highest BCUT2D eigenvalue weighted by Crippen LogP contribution is 2.26. The van der Waals surface area contributed by atoms with E-state index in [0.717, 1.165) is 4.47 Å². The molecule has 2 aromatic carbocycles. The SMILES string of the molecule is CN(Cc1cc(Br)ccc1F)c1cc(C#N)ccc1N. The van der Waals surface area contributed by atoms with Crippen molar-refractivity contribution in [3.63, 3.8) is 0 Å². The standard InChI is InChI=1S/C15H13BrFN3/c1-20(9-11-7-12(16)3-4-13(11)17)15-6-10(8-18)2-5-14(15)19/h2-7H,9,19H2,1H3. The summed E-state index contributed by atoms with van der Waals surface area (Å²) in [6, 6.07) is 11.9. The minimum Gasteiger partial charge on any atom is -0.397 e. The monoisotopic (exact) mass is 333 g/mol. The summed E-state index contributed by atoms with van der Waals surface area (Å²) in [6.45, 7) is 0.365. The second-order valence-corrected chi connectivity index (χ2v) is 5.39. The van der Waals surface area contributed by atoms with Crippen LogP contribution in [-0.4, -0.2) is 7.05 Å². The van der Waals surface area contributed by atoms with E-state index in [9.17, 15) is 4.39 Å². The van der Waals surface area contributed by atoms with E-state index >= 15 is 0 Å². The molecule has 3 nitrogen and oxygen atoms in total. The molecule has 0 aliphatic carbocycles. The zero-order valence-electron chi connectivity index (χ0n) is 10.9. The first-order valence-electron chi connectivity index (χ1n) is 5.96. The maximum Gasteiger partial charge on any atom is 0.128 e. The number of hydrogen-bond acceptors (Lipinski definition) is 3. The average Bonchev–Trinajstić information content (AvgIpc) is 2.43. The highest BCUT2D eigenvalue weighted by atomic mass is 79.9. The van der Waals surface area contributed by atoms with Gasteiger partial charge in [-0.1, -0.05) is 15.9 Å². The minimum atomic E-state index is -0.268. The fraction of sp³-hybridized carbons (Fsp3) is 0.133. The molecule has 0 aliphatic heterocycles. The number of anilines is 2. The zero-order valence-corrected chi connectivity index (χ0v) is 12.5. The van der Waals surface area contributed by atoms with Crippen LogP contribution in [0.2, 0.25) is 0 Å². The normalized spacial score (nSPS) is 10.1. The number of nitrogens with two attached hydrogens (primary N) is 1. The van der Waals surface area contributed by atoms with E-state index in [-0.39, 0.29) is 5.82 Å². The van der Waals surface area contributed by atoms with Gasteiger partial charge in [-0.15, -0.1) is 0 Å². The Balaban J connectivity index is 2.30. The van der Waals surface area contributed by atoms with Gasteiger partial charge in [0, 0.05) is 23.6 Å². The van der Waals surface area contributed by atoms with Crippen molar-refractivity contribution in [2.24, 2.45) is 0 Å². The van der Waals surface area contributed by atoms with Gasteiger partial charge in [0.1, 0.15) is 5.82 Å². The fourth-order valence-corrected chi connectivity index (χ4v) is 2.36. The van der Waals surface area contributed by atoms with E-state index < -0.39 is 0 Å². The van der Waals surface area contributed by atoms with E-state index in [0.29, 0.717) is 29.0 Å². The van der Waals surface area contributed by atoms with Gasteiger partial charge >= 0.3 is 0 Å². The molecule has 0 aliphatic rings. The van der Waals surface area contributed by atoms with Crippen LogP contribution < -0.4 is 10.6 Å². The van der Waals surface area contributed by atoms with E-state index in [2.05, 4.69) is 22.0 Å². The Hall–Kier alpha value is -2.06. The summed E-state index contributed by atoms with van der Waals surface area (Å²) in [7, 11) is 1.81. The molecule has 2 aromatic rings. The van der Waals surface area contributed by atoms with Crippen molar-refractivity contribution in [2.75, 3.05) is 17.7 Å². The summed E-state index contributed by atoms with van der Waals surface area (Å²) >= 11 is 3.33. The molecule has 0 aromatic heterocycles. The topological polar surface area (TPSA) is 53.0 Å². The lowest BCUT2D eigenvalue weighted by Gasteiger charge is -2.21. The summed E-state index contributed by atoms with van der Waals surface area (Å²) in [6.07, 6.45) is 0. The van der Waals surface area contributed by atoms with Gasteiger partial charge in [0.15, 0.2) is 0 Å². The predicted octanol–water partition coefficient (Wildman–Crippen LogP) is 3.68. The third-order valence-corrected chi connectivity index (χ3v) is 3.48. The summed E-state index contributed by atoms with van der Waals surface area (Å²) in [5.74, 6) is -0.268. The maximum atomic E-state index is 13.8. The fourth-order valence-electron chi connectivity index (χ4n) is 1.95. The molecule has 0 fully saturated rings. The van der Waals surface area contributed by atoms with Gasteiger partial charge < -0.3 is 10.6 Å². The van der Waals surface area contributed by atoms with Crippen LogP contribution in [0.25, 0.3) is 0 Å². The number of hydrogen-bond donors (Lipinski definition) is 1. The molecule has 20 heavy (non-hydrogen) atoms. The third-order valence-electron chi connectivity index (χ3n) is 2.99. The second kappa shape index (κ2) is 5.93. The highest BCUT2D eigenvalue weighted by Gasteiger charge is 2.10. The Morgan fingerprint density at radius 1 is 1.30 bits per heavy atom. The van der Waals surface area contributed by atoms with Gasteiger partial charge in [-0.2, -0.15) is 5.26 Å². The first-order chi connectivity index (χ1) is 9.51. The molecule has 0 amide bonds. The molecule has 0 unspecified atom stereocenters. The number of halogens is 2. The lowest BCUT2D eigenvalue weighted by atomic mass is 10.1. The van der Waals surface area contributed by atoms with Crippen molar-refractivity contribution in [2.45, 2.75) is 6.54 Å². The first kappa shape index (κ1) is 14.4. The minimum absolute atomic E-state index is 0.268. The smallest absolute Gasteiger partial charge is 0.128 e. The van der Waals surface area contributed by atoms with E-state index in [1.165, 1.54) is 6.07 Å². The highest BCUT2D eigenvalue weighted by molar-refractivity contribution is 9.10. The van der Waals surface area contributed by atoms with Gasteiger partial charge in [0.05, 0.1) is 23.0 Å². The quantitative estimate of drug-likeness (QED) is 0.871. The Kier molecular flexibility index (Phi) is 4.26. The number of nitrogens with zero attached hydrogens (tertiary/aromatic N) is 2. The van der Waals surface area contributed by atoms with Crippen molar-refractivity contribution >= 4 is 27.3 Å². The molecule has 2 rings (SSSR count). The van der Waals surface area contributed by atoms with Crippen LogP contribution in [0.5, 0.6) is 0 Å². The van der Waals surface area contributed by atoms with Crippen LogP contribution >= 0.6 is 15.9 Å². The van der Waals surface area contributed by atoms with Crippen LogP contribution in [-0.2, 0) is 6.54 Å². The van der Waals surface area contributed by atoms with E-state index in [4.69, 9.17) is 11.0 Å². The number of nitrogen functional groups attached to an aromatic ring is 1. The predicted molar refractivity (Wildman–Crippen MR) is 81.8 cm³/mol. The molecule has 0 saturated heterocycles. The Morgan fingerprint density at radius 2 is 2.05 bits per heavy atom. The van der Waals surface area contributed by atoms with Crippen molar-refractivity contribution in [1.82, 2.24) is 0 Å². The van der Waals surface area contributed by atoms with Gasteiger partial charge in [0.25, 0.3) is 0 Å². The molecular weight excluding hydrogens is 321 g/mol. The largest absolute Gasteiger partial charge is 0.397 e. The summed E-state index contributed by atoms with van der Waals surface area (Å²) < 4.78 is 14.6. The van der Waals surface area contributed by atoms with Gasteiger partial charge in [-0.05, 0) is 36.4 Å². The Labute approximate surface area is 125 Å². The first-order valence-corrected chi connectivity index (χ1v) is 6.75. The number of rotatable bonds is 3. The molecule has 2 N–H and O–H groups in total. The molecule has 102 valence electrons. The lowest BCUT2D eigenvalue weighted by Crippen LogP contribution is -2.18. The average molecular weight is 334 g/mol. The summed E-state index contributed by atoms with van der Waals surface area (Å²) in [5, 5.41) is 8.93. The maximum absolute atomic E-state index is 13.8. The van der Waals surface area contributed by atoms with Gasteiger partial charge in [-0.3, -0.25) is 0 Å². The molecule has 0 spiro atoms. The van der Waals surface area contributed by atoms with Gasteiger partial charge in [0.2, 0.25) is 0 Å². The lowest BCUT2D eigenvalue weighted by molar-refractivity contribution is 0.607. The molecule has 0 heterocycles. The number of benzene rings is 2. The number of nitriles is 1. The van der Waals surface area contributed by atoms with Crippen molar-refractivity contribution in [3.05, 3.63) is 57.8 Å². The third kappa shape index (κ3) is 3.09. The second-order valence-electron chi connectivity index (χ2n) is 4.48. The van der Waals surface area contributed by atoms with Crippen molar-refractivity contribution in [1.29, 1.82) is 5.26 Å². The van der Waals surface area contributed by atoms with Crippen LogP contribution in [0.4, 0.5) is 15.8 Å². The molecule has 0 radical (unpaired) electrons. The summed E-state index contributed by atoms with van der Waals surface area (Å²) in [4.78, 5) is 1.82.